The van der Waals surface area contributed by atoms with E-state index in [2.05, 4.69) is 15.3 Å². The molecule has 0 atom stereocenters. The molecule has 0 unspecified atom stereocenters. The highest BCUT2D eigenvalue weighted by atomic mass is 16.1. The molecule has 3 rings (SSSR count). The number of para-hydroxylation sites is 1. The minimum atomic E-state index is -0.0346. The van der Waals surface area contributed by atoms with E-state index < -0.39 is 0 Å². The standard InChI is InChI=1S/C16H16N4O/c1-12-8-14(19-11-18-12)9-17-16(21)10-20-7-6-13-4-2-3-5-15(13)20/h2-8,11H,9-10H2,1H3,(H,17,21). The lowest BCUT2D eigenvalue weighted by atomic mass is 10.2. The van der Waals surface area contributed by atoms with Gasteiger partial charge in [0, 0.05) is 17.4 Å². The maximum atomic E-state index is 12.0. The summed E-state index contributed by atoms with van der Waals surface area (Å²) in [4.78, 5) is 20.2. The van der Waals surface area contributed by atoms with Crippen LogP contribution in [0.2, 0.25) is 0 Å². The first-order valence-corrected chi connectivity index (χ1v) is 6.80. The fourth-order valence-corrected chi connectivity index (χ4v) is 2.28. The van der Waals surface area contributed by atoms with Gasteiger partial charge >= 0.3 is 0 Å². The Bertz CT molecular complexity index is 779. The lowest BCUT2D eigenvalue weighted by molar-refractivity contribution is -0.121. The van der Waals surface area contributed by atoms with Crippen LogP contribution in [-0.2, 0) is 17.9 Å². The van der Waals surface area contributed by atoms with Gasteiger partial charge in [-0.2, -0.15) is 0 Å². The summed E-state index contributed by atoms with van der Waals surface area (Å²) in [7, 11) is 0. The van der Waals surface area contributed by atoms with Crippen LogP contribution < -0.4 is 5.32 Å². The number of nitrogens with zero attached hydrogens (tertiary/aromatic N) is 3. The summed E-state index contributed by atoms with van der Waals surface area (Å²) in [5, 5.41) is 4.01. The van der Waals surface area contributed by atoms with Crippen molar-refractivity contribution >= 4 is 16.8 Å². The molecule has 1 amide bonds. The van der Waals surface area contributed by atoms with Crippen molar-refractivity contribution in [1.82, 2.24) is 19.9 Å². The third-order valence-electron chi connectivity index (χ3n) is 3.32. The Morgan fingerprint density at radius 1 is 1.24 bits per heavy atom. The predicted octanol–water partition coefficient (Wildman–Crippen LogP) is 2.06. The fourth-order valence-electron chi connectivity index (χ4n) is 2.28. The molecule has 1 aromatic carbocycles. The summed E-state index contributed by atoms with van der Waals surface area (Å²) in [6.45, 7) is 2.62. The van der Waals surface area contributed by atoms with E-state index in [9.17, 15) is 4.79 Å². The van der Waals surface area contributed by atoms with Crippen LogP contribution in [-0.4, -0.2) is 20.4 Å². The molecule has 3 aromatic rings. The van der Waals surface area contributed by atoms with E-state index in [1.807, 2.05) is 54.1 Å². The van der Waals surface area contributed by atoms with Gasteiger partial charge in [-0.25, -0.2) is 9.97 Å². The van der Waals surface area contributed by atoms with E-state index in [1.165, 1.54) is 6.33 Å². The average molecular weight is 280 g/mol. The number of amides is 1. The van der Waals surface area contributed by atoms with Crippen molar-refractivity contribution in [2.45, 2.75) is 20.0 Å². The van der Waals surface area contributed by atoms with Crippen LogP contribution in [0.5, 0.6) is 0 Å². The summed E-state index contributed by atoms with van der Waals surface area (Å²) in [5.41, 5.74) is 2.77. The van der Waals surface area contributed by atoms with Gasteiger partial charge in [-0.3, -0.25) is 4.79 Å². The number of carbonyl (C=O) groups is 1. The van der Waals surface area contributed by atoms with E-state index in [1.54, 1.807) is 0 Å². The third-order valence-corrected chi connectivity index (χ3v) is 3.32. The van der Waals surface area contributed by atoms with Crippen molar-refractivity contribution in [3.63, 3.8) is 0 Å². The van der Waals surface area contributed by atoms with Gasteiger partial charge in [-0.15, -0.1) is 0 Å². The van der Waals surface area contributed by atoms with Crippen molar-refractivity contribution in [1.29, 1.82) is 0 Å². The van der Waals surface area contributed by atoms with Crippen LogP contribution in [0.1, 0.15) is 11.4 Å². The van der Waals surface area contributed by atoms with E-state index >= 15 is 0 Å². The van der Waals surface area contributed by atoms with Gasteiger partial charge in [0.05, 0.1) is 12.2 Å². The van der Waals surface area contributed by atoms with Crippen LogP contribution >= 0.6 is 0 Å². The zero-order valence-corrected chi connectivity index (χ0v) is 11.8. The van der Waals surface area contributed by atoms with E-state index in [-0.39, 0.29) is 5.91 Å². The van der Waals surface area contributed by atoms with Gasteiger partial charge in [-0.1, -0.05) is 18.2 Å². The van der Waals surface area contributed by atoms with Crippen molar-refractivity contribution in [3.05, 3.63) is 60.3 Å². The summed E-state index contributed by atoms with van der Waals surface area (Å²) in [6, 6.07) is 11.9. The molecule has 0 bridgehead atoms. The number of hydrogen-bond donors (Lipinski definition) is 1. The summed E-state index contributed by atoms with van der Waals surface area (Å²) in [6.07, 6.45) is 3.44. The number of nitrogens with one attached hydrogen (secondary N) is 1. The Morgan fingerprint density at radius 3 is 2.95 bits per heavy atom. The highest BCUT2D eigenvalue weighted by Crippen LogP contribution is 2.14. The second-order valence-electron chi connectivity index (χ2n) is 4.93. The first-order chi connectivity index (χ1) is 10.2. The van der Waals surface area contributed by atoms with Crippen molar-refractivity contribution in [3.8, 4) is 0 Å². The third kappa shape index (κ3) is 3.08. The molecule has 106 valence electrons. The van der Waals surface area contributed by atoms with Crippen LogP contribution in [0.15, 0.2) is 48.9 Å². The molecule has 0 saturated carbocycles. The van der Waals surface area contributed by atoms with Crippen molar-refractivity contribution in [2.24, 2.45) is 0 Å². The highest BCUT2D eigenvalue weighted by molar-refractivity contribution is 5.83. The molecule has 21 heavy (non-hydrogen) atoms. The van der Waals surface area contributed by atoms with Crippen LogP contribution in [0.25, 0.3) is 10.9 Å². The Labute approximate surface area is 122 Å². The lowest BCUT2D eigenvalue weighted by Gasteiger charge is -2.07. The maximum absolute atomic E-state index is 12.0. The first-order valence-electron chi connectivity index (χ1n) is 6.80. The van der Waals surface area contributed by atoms with Gasteiger partial charge in [0.2, 0.25) is 5.91 Å². The molecule has 0 saturated heterocycles. The number of fused-ring (bicyclic) bond motifs is 1. The largest absolute Gasteiger partial charge is 0.349 e. The number of aryl methyl sites for hydroxylation is 1. The van der Waals surface area contributed by atoms with Gasteiger partial charge in [-0.05, 0) is 30.5 Å². The van der Waals surface area contributed by atoms with Gasteiger partial charge in [0.25, 0.3) is 0 Å². The maximum Gasteiger partial charge on any atom is 0.240 e. The van der Waals surface area contributed by atoms with Crippen LogP contribution in [0, 0.1) is 6.92 Å². The molecule has 5 heteroatoms. The molecule has 0 fully saturated rings. The minimum Gasteiger partial charge on any atom is -0.349 e. The average Bonchev–Trinajstić information content (AvgIpc) is 2.89. The number of benzene rings is 1. The smallest absolute Gasteiger partial charge is 0.240 e. The second kappa shape index (κ2) is 5.75. The Hall–Kier alpha value is -2.69. The SMILES string of the molecule is Cc1cc(CNC(=O)Cn2ccc3ccccc32)ncn1. The molecule has 2 aromatic heterocycles. The summed E-state index contributed by atoms with van der Waals surface area (Å²) >= 11 is 0. The van der Waals surface area contributed by atoms with Crippen LogP contribution in [0.4, 0.5) is 0 Å². The number of carbonyl (C=O) groups excluding carboxylic acids is 1. The molecule has 0 spiro atoms. The molecular weight excluding hydrogens is 264 g/mol. The van der Waals surface area contributed by atoms with Crippen molar-refractivity contribution in [2.75, 3.05) is 0 Å². The Morgan fingerprint density at radius 2 is 2.10 bits per heavy atom. The summed E-state index contributed by atoms with van der Waals surface area (Å²) < 4.78 is 1.94. The molecule has 0 aliphatic heterocycles. The molecule has 0 aliphatic carbocycles. The van der Waals surface area contributed by atoms with E-state index in [4.69, 9.17) is 0 Å². The molecular formula is C16H16N4O. The van der Waals surface area contributed by atoms with Gasteiger partial charge in [0.1, 0.15) is 12.9 Å². The zero-order valence-electron chi connectivity index (χ0n) is 11.8. The van der Waals surface area contributed by atoms with Crippen molar-refractivity contribution < 1.29 is 4.79 Å². The van der Waals surface area contributed by atoms with Gasteiger partial charge in [0.15, 0.2) is 0 Å². The molecule has 0 aliphatic rings. The molecule has 5 nitrogen and oxygen atoms in total. The van der Waals surface area contributed by atoms with Gasteiger partial charge < -0.3 is 9.88 Å². The number of aromatic nitrogens is 3. The normalized spacial score (nSPS) is 10.7. The molecule has 2 heterocycles. The number of rotatable bonds is 4. The Kier molecular flexibility index (Phi) is 3.64. The monoisotopic (exact) mass is 280 g/mol. The molecule has 0 radical (unpaired) electrons. The first kappa shape index (κ1) is 13.3. The number of hydrogen-bond acceptors (Lipinski definition) is 3. The molecule has 1 N–H and O–H groups in total. The predicted molar refractivity (Wildman–Crippen MR) is 80.6 cm³/mol. The Balaban J connectivity index is 1.64. The zero-order chi connectivity index (χ0) is 14.7. The topological polar surface area (TPSA) is 59.8 Å². The summed E-state index contributed by atoms with van der Waals surface area (Å²) in [5.74, 6) is -0.0346. The van der Waals surface area contributed by atoms with Crippen LogP contribution in [0.3, 0.4) is 0 Å². The minimum absolute atomic E-state index is 0.0346. The highest BCUT2D eigenvalue weighted by Gasteiger charge is 2.06. The fraction of sp³-hybridized carbons (Fsp3) is 0.188. The van der Waals surface area contributed by atoms with E-state index in [0.29, 0.717) is 13.1 Å². The van der Waals surface area contributed by atoms with E-state index in [0.717, 1.165) is 22.3 Å². The quantitative estimate of drug-likeness (QED) is 0.795. The second-order valence-corrected chi connectivity index (χ2v) is 4.93. The lowest BCUT2D eigenvalue weighted by Crippen LogP contribution is -2.27.